The molecule has 1 rings (SSSR count). The average Bonchev–Trinajstić information content (AvgIpc) is 2.24. The van der Waals surface area contributed by atoms with Crippen molar-refractivity contribution < 1.29 is 4.74 Å². The van der Waals surface area contributed by atoms with Crippen molar-refractivity contribution in [1.29, 1.82) is 0 Å². The second kappa shape index (κ2) is 5.54. The molecule has 96 valence electrons. The van der Waals surface area contributed by atoms with Crippen LogP contribution in [0.25, 0.3) is 0 Å². The molecule has 0 aliphatic heterocycles. The minimum Gasteiger partial charge on any atom is -0.488 e. The molecule has 0 aliphatic carbocycles. The zero-order valence-electron chi connectivity index (χ0n) is 11.7. The van der Waals surface area contributed by atoms with E-state index in [1.54, 1.807) is 0 Å². The van der Waals surface area contributed by atoms with Crippen LogP contribution >= 0.6 is 0 Å². The van der Waals surface area contributed by atoms with E-state index >= 15 is 0 Å². The normalized spacial score (nSPS) is 15.4. The van der Waals surface area contributed by atoms with Gasteiger partial charge in [0.2, 0.25) is 0 Å². The lowest BCUT2D eigenvalue weighted by atomic mass is 9.85. The van der Waals surface area contributed by atoms with Gasteiger partial charge in [0, 0.05) is 11.5 Å². The van der Waals surface area contributed by atoms with E-state index in [0.717, 1.165) is 12.2 Å². The van der Waals surface area contributed by atoms with E-state index in [0.29, 0.717) is 0 Å². The molecule has 0 bridgehead atoms. The molecule has 0 aliphatic rings. The minimum atomic E-state index is 0.0142. The van der Waals surface area contributed by atoms with Crippen molar-refractivity contribution >= 4 is 0 Å². The lowest BCUT2D eigenvalue weighted by molar-refractivity contribution is 0.0684. The minimum absolute atomic E-state index is 0.0142. The third kappa shape index (κ3) is 4.04. The largest absolute Gasteiger partial charge is 0.488 e. The van der Waals surface area contributed by atoms with Crippen LogP contribution < -0.4 is 10.5 Å². The van der Waals surface area contributed by atoms with Gasteiger partial charge in [-0.25, -0.2) is 0 Å². The SMILES string of the molecule is CCc1cccc(OC(C(C)N)C(C)(C)C)c1. The third-order valence-electron chi connectivity index (χ3n) is 2.90. The van der Waals surface area contributed by atoms with Gasteiger partial charge < -0.3 is 10.5 Å². The molecule has 2 N–H and O–H groups in total. The number of aryl methyl sites for hydroxylation is 1. The first kappa shape index (κ1) is 14.0. The molecule has 0 saturated carbocycles. The van der Waals surface area contributed by atoms with E-state index < -0.39 is 0 Å². The van der Waals surface area contributed by atoms with Crippen molar-refractivity contribution in [1.82, 2.24) is 0 Å². The fraction of sp³-hybridized carbons (Fsp3) is 0.600. The number of rotatable bonds is 4. The highest BCUT2D eigenvalue weighted by atomic mass is 16.5. The summed E-state index contributed by atoms with van der Waals surface area (Å²) in [4.78, 5) is 0. The maximum Gasteiger partial charge on any atom is 0.120 e. The second-order valence-corrected chi connectivity index (χ2v) is 5.76. The van der Waals surface area contributed by atoms with Gasteiger partial charge in [-0.3, -0.25) is 0 Å². The van der Waals surface area contributed by atoms with Gasteiger partial charge in [-0.2, -0.15) is 0 Å². The van der Waals surface area contributed by atoms with E-state index in [-0.39, 0.29) is 17.6 Å². The monoisotopic (exact) mass is 235 g/mol. The van der Waals surface area contributed by atoms with Gasteiger partial charge in [0.1, 0.15) is 11.9 Å². The van der Waals surface area contributed by atoms with Crippen LogP contribution in [0.3, 0.4) is 0 Å². The maximum absolute atomic E-state index is 6.06. The van der Waals surface area contributed by atoms with E-state index in [1.807, 2.05) is 19.1 Å². The molecule has 2 heteroatoms. The van der Waals surface area contributed by atoms with Gasteiger partial charge in [-0.15, -0.1) is 0 Å². The van der Waals surface area contributed by atoms with Gasteiger partial charge in [0.25, 0.3) is 0 Å². The molecule has 17 heavy (non-hydrogen) atoms. The first-order valence-electron chi connectivity index (χ1n) is 6.35. The van der Waals surface area contributed by atoms with Crippen LogP contribution in [0.1, 0.15) is 40.2 Å². The maximum atomic E-state index is 6.06. The predicted molar refractivity (Wildman–Crippen MR) is 73.3 cm³/mol. The first-order chi connectivity index (χ1) is 7.84. The topological polar surface area (TPSA) is 35.2 Å². The van der Waals surface area contributed by atoms with E-state index in [1.165, 1.54) is 5.56 Å². The highest BCUT2D eigenvalue weighted by Crippen LogP contribution is 2.27. The smallest absolute Gasteiger partial charge is 0.120 e. The molecule has 0 heterocycles. The number of nitrogens with two attached hydrogens (primary N) is 1. The van der Waals surface area contributed by atoms with Gasteiger partial charge in [-0.1, -0.05) is 39.8 Å². The number of hydrogen-bond acceptors (Lipinski definition) is 2. The molecule has 2 atom stereocenters. The molecule has 0 aromatic heterocycles. The van der Waals surface area contributed by atoms with Crippen molar-refractivity contribution in [3.63, 3.8) is 0 Å². The van der Waals surface area contributed by atoms with Crippen LogP contribution in [0.15, 0.2) is 24.3 Å². The lowest BCUT2D eigenvalue weighted by Crippen LogP contribution is -2.45. The van der Waals surface area contributed by atoms with Crippen LogP contribution in [0, 0.1) is 5.41 Å². The summed E-state index contributed by atoms with van der Waals surface area (Å²) >= 11 is 0. The van der Waals surface area contributed by atoms with E-state index in [9.17, 15) is 0 Å². The summed E-state index contributed by atoms with van der Waals surface area (Å²) in [6, 6.07) is 8.27. The molecule has 2 unspecified atom stereocenters. The van der Waals surface area contributed by atoms with Crippen LogP contribution in [-0.2, 0) is 6.42 Å². The van der Waals surface area contributed by atoms with Crippen molar-refractivity contribution in [3.05, 3.63) is 29.8 Å². The van der Waals surface area contributed by atoms with Gasteiger partial charge >= 0.3 is 0 Å². The molecule has 2 nitrogen and oxygen atoms in total. The second-order valence-electron chi connectivity index (χ2n) is 5.76. The Hall–Kier alpha value is -1.02. The molecule has 1 aromatic rings. The highest BCUT2D eigenvalue weighted by molar-refractivity contribution is 5.28. The Morgan fingerprint density at radius 1 is 1.29 bits per heavy atom. The Kier molecular flexibility index (Phi) is 4.58. The van der Waals surface area contributed by atoms with Crippen molar-refractivity contribution in [2.24, 2.45) is 11.1 Å². The quantitative estimate of drug-likeness (QED) is 0.868. The van der Waals surface area contributed by atoms with Gasteiger partial charge in [-0.05, 0) is 31.0 Å². The van der Waals surface area contributed by atoms with Crippen LogP contribution in [0.4, 0.5) is 0 Å². The highest BCUT2D eigenvalue weighted by Gasteiger charge is 2.29. The molecular formula is C15H25NO. The van der Waals surface area contributed by atoms with Crippen molar-refractivity contribution in [3.8, 4) is 5.75 Å². The number of benzene rings is 1. The Morgan fingerprint density at radius 3 is 2.41 bits per heavy atom. The van der Waals surface area contributed by atoms with Gasteiger partial charge in [0.05, 0.1) is 0 Å². The third-order valence-corrected chi connectivity index (χ3v) is 2.90. The predicted octanol–water partition coefficient (Wildman–Crippen LogP) is 3.39. The number of ether oxygens (including phenoxy) is 1. The van der Waals surface area contributed by atoms with Gasteiger partial charge in [0.15, 0.2) is 0 Å². The molecule has 0 spiro atoms. The van der Waals surface area contributed by atoms with Crippen LogP contribution in [0.2, 0.25) is 0 Å². The summed E-state index contributed by atoms with van der Waals surface area (Å²) in [6.45, 7) is 10.6. The fourth-order valence-electron chi connectivity index (χ4n) is 2.06. The molecule has 0 radical (unpaired) electrons. The molecule has 0 saturated heterocycles. The zero-order valence-corrected chi connectivity index (χ0v) is 11.7. The number of hydrogen-bond donors (Lipinski definition) is 1. The summed E-state index contributed by atoms with van der Waals surface area (Å²) < 4.78 is 6.06. The standard InChI is InChI=1S/C15H25NO/c1-6-12-8-7-9-13(10-12)17-14(11(2)16)15(3,4)5/h7-11,14H,6,16H2,1-5H3. The summed E-state index contributed by atoms with van der Waals surface area (Å²) in [5.41, 5.74) is 7.35. The fourth-order valence-corrected chi connectivity index (χ4v) is 2.06. The molecule has 0 amide bonds. The Balaban J connectivity index is 2.86. The summed E-state index contributed by atoms with van der Waals surface area (Å²) in [7, 11) is 0. The van der Waals surface area contributed by atoms with Crippen LogP contribution in [0.5, 0.6) is 5.75 Å². The lowest BCUT2D eigenvalue weighted by Gasteiger charge is -2.34. The van der Waals surface area contributed by atoms with Crippen molar-refractivity contribution in [2.75, 3.05) is 0 Å². The van der Waals surface area contributed by atoms with Crippen molar-refractivity contribution in [2.45, 2.75) is 53.2 Å². The summed E-state index contributed by atoms with van der Waals surface area (Å²) in [5, 5.41) is 0. The zero-order chi connectivity index (χ0) is 13.1. The average molecular weight is 235 g/mol. The summed E-state index contributed by atoms with van der Waals surface area (Å²) in [6.07, 6.45) is 1.05. The Morgan fingerprint density at radius 2 is 1.94 bits per heavy atom. The molecular weight excluding hydrogens is 210 g/mol. The van der Waals surface area contributed by atoms with E-state index in [2.05, 4.69) is 39.8 Å². The molecule has 0 fully saturated rings. The summed E-state index contributed by atoms with van der Waals surface area (Å²) in [5.74, 6) is 0.918. The Bertz CT molecular complexity index is 352. The van der Waals surface area contributed by atoms with E-state index in [4.69, 9.17) is 10.5 Å². The first-order valence-corrected chi connectivity index (χ1v) is 6.35. The molecule has 1 aromatic carbocycles. The van der Waals surface area contributed by atoms with Crippen LogP contribution in [-0.4, -0.2) is 12.1 Å². The Labute approximate surface area is 105 Å².